The lowest BCUT2D eigenvalue weighted by molar-refractivity contribution is 0.611. The standard InChI is InChI=1S/3HNS.3H2OPS.2H2/c3*1-2;3*1-3-2;;/h3*1H;3*2-3H;2*1H/q;;;3*-1;;/i;;;3*3T;1+2D;1+2/hT3. The Labute approximate surface area is 132 Å². The fourth-order valence-electron chi connectivity index (χ4n) is 0. The van der Waals surface area contributed by atoms with Crippen LogP contribution in [-0.2, 0) is 82.1 Å². The third-order valence-corrected chi connectivity index (χ3v) is 0. The van der Waals surface area contributed by atoms with Crippen molar-refractivity contribution < 1.29 is 21.3 Å². The molecule has 0 fully saturated rings. The molecule has 0 rings (SSSR count). The van der Waals surface area contributed by atoms with Gasteiger partial charge in [-0.3, -0.25) is 32.2 Å². The molecule has 0 aliphatic carbocycles. The number of thiol groups is 3. The van der Waals surface area contributed by atoms with Crippen LogP contribution >= 0.6 is 24.0 Å². The van der Waals surface area contributed by atoms with Crippen LogP contribution in [0.5, 0.6) is 0 Å². The summed E-state index contributed by atoms with van der Waals surface area (Å²) in [6.07, 6.45) is 0. The van der Waals surface area contributed by atoms with E-state index in [-0.39, 0.29) is 1.43 Å². The Hall–Kier alpha value is 1.41. The minimum absolute atomic E-state index is 0. The molecule has 0 atom stereocenters. The van der Waals surface area contributed by atoms with Crippen LogP contribution in [0.15, 0.2) is 0 Å². The van der Waals surface area contributed by atoms with Gasteiger partial charge in [-0.2, -0.15) is 0 Å². The maximum atomic E-state index is 9.14. The third-order valence-electron chi connectivity index (χ3n) is 0. The minimum Gasteiger partial charge on any atom is -0.460 e. The van der Waals surface area contributed by atoms with E-state index in [4.69, 9.17) is 23.2 Å². The molecule has 0 bridgehead atoms. The smallest absolute Gasteiger partial charge is 0.203 e. The topological polar surface area (TPSA) is 123 Å². The molecule has 0 aromatic heterocycles. The molecule has 0 amide bonds. The zero-order chi connectivity index (χ0) is 20.9. The van der Waals surface area contributed by atoms with E-state index in [1.807, 2.05) is 0 Å². The molecule has 3 N–H and O–H groups in total. The van der Waals surface area contributed by atoms with E-state index < -0.39 is 32.2 Å². The highest BCUT2D eigenvalue weighted by Gasteiger charge is 0.704. The molecular formula is H13N3O3P3S6-3. The Morgan fingerprint density at radius 3 is 1.07 bits per heavy atom. The summed E-state index contributed by atoms with van der Waals surface area (Å²) >= 11 is 11.1. The maximum Gasteiger partial charge on any atom is 0.203 e. The van der Waals surface area contributed by atoms with Crippen molar-refractivity contribution in [2.24, 2.45) is 0 Å². The molecule has 0 radical (unpaired) electrons. The van der Waals surface area contributed by atoms with Crippen LogP contribution in [0.4, 0.5) is 0 Å². The van der Waals surface area contributed by atoms with Gasteiger partial charge in [0.05, 0.1) is 0 Å². The van der Waals surface area contributed by atoms with Gasteiger partial charge < -0.3 is 12.6 Å². The molecule has 0 heterocycles. The van der Waals surface area contributed by atoms with Crippen molar-refractivity contribution in [3.8, 4) is 0 Å². The highest BCUT2D eigenvalue weighted by molar-refractivity contribution is 7.93. The normalized spacial score (nSPS) is 10.3. The van der Waals surface area contributed by atoms with Crippen LogP contribution in [0.1, 0.15) is 4.40 Å². The molecule has 0 saturated carbocycles. The minimum atomic E-state index is -1.56. The van der Waals surface area contributed by atoms with E-state index in [2.05, 4.69) is 75.6 Å². The first-order valence-corrected chi connectivity index (χ1v) is 8.65. The van der Waals surface area contributed by atoms with Crippen LogP contribution in [0.25, 0.3) is 0 Å². The molecule has 0 spiro atoms. The summed E-state index contributed by atoms with van der Waals surface area (Å²) in [5, 5.41) is 0. The van der Waals surface area contributed by atoms with E-state index in [0.717, 1.165) is 0 Å². The average molecular weight is 406 g/mol. The Bertz CT molecular complexity index is 342. The Kier molecular flexibility index (Phi) is 141. The number of rotatable bonds is 0. The number of hydrogen-bond donors (Lipinski definition) is 3. The van der Waals surface area contributed by atoms with Crippen molar-refractivity contribution in [1.29, 1.82) is 17.7 Å². The highest BCUT2D eigenvalue weighted by atomic mass is 32.4. The maximum absolute atomic E-state index is 9.14. The monoisotopic (exact) mass is 405 g/mol. The molecule has 15 heavy (non-hydrogen) atoms. The predicted molar refractivity (Wildman–Crippen MR) is 87.8 cm³/mol. The summed E-state index contributed by atoms with van der Waals surface area (Å²) < 4.78 is 79.3. The third kappa shape index (κ3) is 1390. The zero-order valence-electron chi connectivity index (χ0n) is 14.5. The van der Waals surface area contributed by atoms with Crippen molar-refractivity contribution in [2.45, 2.75) is 0 Å². The van der Waals surface area contributed by atoms with Crippen molar-refractivity contribution in [3.05, 3.63) is 0 Å². The fourth-order valence-corrected chi connectivity index (χ4v) is 0. The van der Waals surface area contributed by atoms with Gasteiger partial charge in [0.1, 0.15) is 0 Å². The van der Waals surface area contributed by atoms with E-state index >= 15 is 0 Å². The van der Waals surface area contributed by atoms with Gasteiger partial charge in [0.15, 0.2) is 0 Å². The van der Waals surface area contributed by atoms with Gasteiger partial charge in [-0.05, 0) is 0 Å². The van der Waals surface area contributed by atoms with Gasteiger partial charge >= 0.3 is 0 Å². The van der Waals surface area contributed by atoms with Gasteiger partial charge in [0.2, 0.25) is 4.24 Å². The van der Waals surface area contributed by atoms with E-state index in [0.29, 0.717) is 0 Å². The second kappa shape index (κ2) is 165. The van der Waals surface area contributed by atoms with Crippen LogP contribution in [0, 0.1) is 14.3 Å². The summed E-state index contributed by atoms with van der Waals surface area (Å²) in [6, 6.07) is 0. The zero-order valence-corrected chi connectivity index (χ0v) is 14.4. The summed E-state index contributed by atoms with van der Waals surface area (Å²) in [7, 11) is 2.69. The van der Waals surface area contributed by atoms with E-state index in [1.165, 1.54) is 0 Å². The molecular weight excluding hydrogens is 375 g/mol. The Morgan fingerprint density at radius 2 is 1.07 bits per heavy atom. The lowest BCUT2D eigenvalue weighted by Crippen LogP contribution is -0.913. The molecule has 0 unspecified atom stereocenters. The summed E-state index contributed by atoms with van der Waals surface area (Å²) in [6.45, 7) is 0. The first-order chi connectivity index (χ1) is 10.4. The lowest BCUT2D eigenvalue weighted by atomic mass is 14.0. The largest absolute Gasteiger partial charge is 0.460 e. The molecule has 0 aromatic carbocycles. The van der Waals surface area contributed by atoms with Crippen LogP contribution in [0.2, 0.25) is 4.24 Å². The predicted octanol–water partition coefficient (Wildman–Crippen LogP) is 1.99. The van der Waals surface area contributed by atoms with Crippen molar-refractivity contribution >= 4 is 93.6 Å². The van der Waals surface area contributed by atoms with Crippen molar-refractivity contribution in [1.82, 2.24) is 0 Å². The van der Waals surface area contributed by atoms with E-state index in [9.17, 15) is 0 Å². The van der Waals surface area contributed by atoms with Crippen molar-refractivity contribution in [2.75, 3.05) is 0 Å². The molecule has 6 nitrogen and oxygen atoms in total. The number of nitrogens with one attached hydrogen (secondary N) is 3. The van der Waals surface area contributed by atoms with Crippen LogP contribution in [-0.4, -0.2) is 3.37 Å². The summed E-state index contributed by atoms with van der Waals surface area (Å²) in [5.74, 6) is 0. The molecule has 15 heteroatoms. The van der Waals surface area contributed by atoms with Crippen LogP contribution in [0.3, 0.4) is 0 Å². The van der Waals surface area contributed by atoms with Gasteiger partial charge in [0, 0.05) is 41.7 Å². The first-order valence-electron chi connectivity index (χ1n) is 5.23. The fraction of sp³-hybridized carbons (Fsp3) is 0. The summed E-state index contributed by atoms with van der Waals surface area (Å²) in [5.41, 5.74) is 0. The van der Waals surface area contributed by atoms with Crippen LogP contribution < -0.4 is 0 Å². The molecule has 0 aliphatic rings. The lowest BCUT2D eigenvalue weighted by Gasteiger charge is -1.32. The quantitative estimate of drug-likeness (QED) is 0.322. The molecule has 0 aromatic rings. The van der Waals surface area contributed by atoms with E-state index in [1.54, 1.807) is 0 Å². The van der Waals surface area contributed by atoms with Gasteiger partial charge in [0.25, 0.3) is 0 Å². The first kappa shape index (κ1) is 12.9. The van der Waals surface area contributed by atoms with Crippen molar-refractivity contribution in [3.63, 3.8) is 0 Å². The van der Waals surface area contributed by atoms with Gasteiger partial charge in [-0.25, -0.2) is 38.4 Å². The second-order valence-corrected chi connectivity index (χ2v) is 2.25. The highest BCUT2D eigenvalue weighted by Crippen LogP contribution is 1.36. The van der Waals surface area contributed by atoms with Gasteiger partial charge in [-0.15, -0.1) is 0 Å². The molecule has 0 saturated heterocycles. The Balaban J connectivity index is -0.0000000208. The summed E-state index contributed by atoms with van der Waals surface area (Å²) in [4.78, 5) is 0. The van der Waals surface area contributed by atoms with Gasteiger partial charge in [-0.1, -0.05) is 3.37 Å². The molecule has 0 aliphatic heterocycles. The molecule has 100 valence electrons. The second-order valence-electron chi connectivity index (χ2n) is 0.250. The average Bonchev–Trinajstić information content (AvgIpc) is 2.31. The SMILES string of the molecule is [2H][3H].[3HH].[3H]N=S.[3H]N=S.[3H]N=S.[3H][S-](=O)=P.[3H][S-](=O)=P.[3H][S-](=O)=P. The number of hydrogen-bond acceptors (Lipinski definition) is 12. The Morgan fingerprint density at radius 1 is 1.07 bits per heavy atom.